The summed E-state index contributed by atoms with van der Waals surface area (Å²) in [5.41, 5.74) is -1.86. The molecule has 3 aliphatic carbocycles. The quantitative estimate of drug-likeness (QED) is 0.247. The van der Waals surface area contributed by atoms with E-state index in [1.165, 1.54) is 5.57 Å². The first kappa shape index (κ1) is 28.5. The molecular formula is C27H32F6O3. The fraction of sp³-hybridized carbons (Fsp3) is 0.630. The van der Waals surface area contributed by atoms with E-state index < -0.39 is 30.2 Å². The molecule has 0 aromatic heterocycles. The zero-order valence-electron chi connectivity index (χ0n) is 20.3. The Morgan fingerprint density at radius 1 is 1.17 bits per heavy atom. The molecule has 36 heavy (non-hydrogen) atoms. The van der Waals surface area contributed by atoms with Crippen LogP contribution >= 0.6 is 0 Å². The van der Waals surface area contributed by atoms with Gasteiger partial charge in [0.15, 0.2) is 0 Å². The van der Waals surface area contributed by atoms with Gasteiger partial charge in [-0.25, -0.2) is 0 Å². The second-order valence-corrected chi connectivity index (χ2v) is 10.4. The van der Waals surface area contributed by atoms with Gasteiger partial charge >= 0.3 is 18.0 Å². The van der Waals surface area contributed by atoms with E-state index in [0.717, 1.165) is 36.3 Å². The largest absolute Gasteiger partial charge is 0.438 e. The second kappa shape index (κ2) is 10.0. The zero-order chi connectivity index (χ0) is 27.1. The van der Waals surface area contributed by atoms with Crippen LogP contribution in [0.1, 0.15) is 58.8 Å². The summed E-state index contributed by atoms with van der Waals surface area (Å²) in [5.74, 6) is 2.75. The summed E-state index contributed by atoms with van der Waals surface area (Å²) < 4.78 is 77.4. The van der Waals surface area contributed by atoms with Gasteiger partial charge in [-0.3, -0.25) is 0 Å². The lowest BCUT2D eigenvalue weighted by Gasteiger charge is -2.42. The molecule has 3 nitrogen and oxygen atoms in total. The van der Waals surface area contributed by atoms with E-state index in [0.29, 0.717) is 18.4 Å². The van der Waals surface area contributed by atoms with Crippen molar-refractivity contribution in [3.8, 4) is 11.8 Å². The molecule has 3 rings (SSSR count). The highest BCUT2D eigenvalue weighted by molar-refractivity contribution is 5.40. The van der Waals surface area contributed by atoms with Gasteiger partial charge in [-0.2, -0.15) is 26.3 Å². The molecular weight excluding hydrogens is 486 g/mol. The number of alkyl halides is 6. The average Bonchev–Trinajstić information content (AvgIpc) is 3.11. The van der Waals surface area contributed by atoms with E-state index in [1.807, 2.05) is 24.1 Å². The summed E-state index contributed by atoms with van der Waals surface area (Å²) in [6, 6.07) is 0. The van der Waals surface area contributed by atoms with Crippen LogP contribution in [0.15, 0.2) is 47.1 Å². The summed E-state index contributed by atoms with van der Waals surface area (Å²) >= 11 is 0. The summed E-state index contributed by atoms with van der Waals surface area (Å²) in [5, 5.41) is 29.3. The van der Waals surface area contributed by atoms with Gasteiger partial charge in [0.25, 0.3) is 0 Å². The molecule has 0 radical (unpaired) electrons. The van der Waals surface area contributed by atoms with Gasteiger partial charge in [-0.05, 0) is 66.4 Å². The Morgan fingerprint density at radius 3 is 2.42 bits per heavy atom. The van der Waals surface area contributed by atoms with Gasteiger partial charge in [-0.1, -0.05) is 55.7 Å². The maximum Gasteiger partial charge on any atom is 0.438 e. The van der Waals surface area contributed by atoms with Gasteiger partial charge in [0, 0.05) is 12.8 Å². The Hall–Kier alpha value is -2.02. The summed E-state index contributed by atoms with van der Waals surface area (Å²) in [4.78, 5) is 0. The Bertz CT molecular complexity index is 1010. The molecule has 2 saturated carbocycles. The van der Waals surface area contributed by atoms with Crippen molar-refractivity contribution in [1.29, 1.82) is 0 Å². The van der Waals surface area contributed by atoms with E-state index in [1.54, 1.807) is 6.92 Å². The first-order valence-electron chi connectivity index (χ1n) is 12.0. The predicted molar refractivity (Wildman–Crippen MR) is 123 cm³/mol. The highest BCUT2D eigenvalue weighted by Gasteiger charge is 2.70. The van der Waals surface area contributed by atoms with Gasteiger partial charge in [0.05, 0.1) is 12.2 Å². The van der Waals surface area contributed by atoms with Gasteiger partial charge in [-0.15, -0.1) is 0 Å². The van der Waals surface area contributed by atoms with Crippen molar-refractivity contribution in [3.63, 3.8) is 0 Å². The Morgan fingerprint density at radius 2 is 1.81 bits per heavy atom. The van der Waals surface area contributed by atoms with Crippen molar-refractivity contribution in [2.45, 2.75) is 89.0 Å². The van der Waals surface area contributed by atoms with Crippen molar-refractivity contribution < 1.29 is 41.7 Å². The average molecular weight is 519 g/mol. The minimum atomic E-state index is -5.96. The van der Waals surface area contributed by atoms with Crippen LogP contribution in [0.5, 0.6) is 0 Å². The number of hydrogen-bond acceptors (Lipinski definition) is 3. The van der Waals surface area contributed by atoms with Crippen molar-refractivity contribution in [3.05, 3.63) is 47.1 Å². The Balaban J connectivity index is 1.78. The molecule has 2 fully saturated rings. The highest BCUT2D eigenvalue weighted by atomic mass is 19.4. The number of rotatable bonds is 3. The monoisotopic (exact) mass is 518 g/mol. The van der Waals surface area contributed by atoms with Crippen molar-refractivity contribution in [2.75, 3.05) is 0 Å². The number of hydrogen-bond donors (Lipinski definition) is 3. The van der Waals surface area contributed by atoms with Gasteiger partial charge in [0.2, 0.25) is 0 Å². The first-order valence-corrected chi connectivity index (χ1v) is 12.0. The molecule has 200 valence electrons. The minimum Gasteiger partial charge on any atom is -0.393 e. The van der Waals surface area contributed by atoms with Crippen LogP contribution in [0, 0.1) is 29.1 Å². The number of aliphatic hydroxyl groups is 3. The van der Waals surface area contributed by atoms with Gasteiger partial charge in [0.1, 0.15) is 0 Å². The normalized spacial score (nSPS) is 32.7. The molecule has 0 aromatic rings. The number of halogens is 6. The molecule has 0 amide bonds. The smallest absolute Gasteiger partial charge is 0.393 e. The molecule has 3 unspecified atom stereocenters. The standard InChI is InChI=1S/C27H32F6O3/c1-16(6-4-13-25(36,26(28,29)30)27(31,32)33)21-10-11-22-18(7-5-12-24(21,22)3)8-9-19-14-20(34)15-23(35)17(19)2/h8-10,16,20,22-23,34-36H,2,5-7,11-12,14-15H2,1,3H3/t16-,20?,22?,23?,24-/m1/s1. The Labute approximate surface area is 207 Å². The van der Waals surface area contributed by atoms with Crippen molar-refractivity contribution in [1.82, 2.24) is 0 Å². The van der Waals surface area contributed by atoms with Crippen LogP contribution in [0.4, 0.5) is 26.3 Å². The van der Waals surface area contributed by atoms with Crippen LogP contribution in [-0.2, 0) is 0 Å². The van der Waals surface area contributed by atoms with Crippen molar-refractivity contribution >= 4 is 0 Å². The molecule has 3 aliphatic rings. The third-order valence-electron chi connectivity index (χ3n) is 7.90. The molecule has 0 aromatic carbocycles. The van der Waals surface area contributed by atoms with E-state index in [9.17, 15) is 41.7 Å². The van der Waals surface area contributed by atoms with E-state index >= 15 is 0 Å². The molecule has 0 aliphatic heterocycles. The molecule has 9 heteroatoms. The fourth-order valence-electron chi connectivity index (χ4n) is 5.83. The number of aliphatic hydroxyl groups excluding tert-OH is 2. The SMILES string of the molecule is C=C1C(=CC=C2CCC[C@]3(C)C([C@H](C)CC#CC(O)(C(F)(F)F)C(F)(F)F)=CCC23)CC(O)CC1O. The topological polar surface area (TPSA) is 60.7 Å². The van der Waals surface area contributed by atoms with Crippen LogP contribution in [0.2, 0.25) is 0 Å². The molecule has 5 atom stereocenters. The van der Waals surface area contributed by atoms with Crippen LogP contribution < -0.4 is 0 Å². The third kappa shape index (κ3) is 5.32. The molecule has 0 bridgehead atoms. The van der Waals surface area contributed by atoms with Crippen LogP contribution in [0.3, 0.4) is 0 Å². The van der Waals surface area contributed by atoms with Crippen LogP contribution in [-0.4, -0.2) is 45.5 Å². The first-order chi connectivity index (χ1) is 16.5. The van der Waals surface area contributed by atoms with E-state index in [-0.39, 0.29) is 30.1 Å². The zero-order valence-corrected chi connectivity index (χ0v) is 20.3. The summed E-state index contributed by atoms with van der Waals surface area (Å²) in [6.45, 7) is 7.72. The molecule has 0 heterocycles. The fourth-order valence-corrected chi connectivity index (χ4v) is 5.83. The lowest BCUT2D eigenvalue weighted by atomic mass is 9.62. The second-order valence-electron chi connectivity index (χ2n) is 10.4. The molecule has 0 spiro atoms. The lowest BCUT2D eigenvalue weighted by Crippen LogP contribution is -2.55. The lowest BCUT2D eigenvalue weighted by molar-refractivity contribution is -0.343. The van der Waals surface area contributed by atoms with Gasteiger partial charge < -0.3 is 15.3 Å². The Kier molecular flexibility index (Phi) is 7.96. The summed E-state index contributed by atoms with van der Waals surface area (Å²) in [6.07, 6.45) is -3.80. The number of allylic oxidation sites excluding steroid dienone is 5. The number of fused-ring (bicyclic) bond motifs is 1. The van der Waals surface area contributed by atoms with E-state index in [4.69, 9.17) is 0 Å². The van der Waals surface area contributed by atoms with Crippen molar-refractivity contribution in [2.24, 2.45) is 17.3 Å². The maximum absolute atomic E-state index is 12.9. The maximum atomic E-state index is 12.9. The summed E-state index contributed by atoms with van der Waals surface area (Å²) in [7, 11) is 0. The molecule has 3 N–H and O–H groups in total. The highest BCUT2D eigenvalue weighted by Crippen LogP contribution is 2.57. The minimum absolute atomic E-state index is 0.127. The van der Waals surface area contributed by atoms with Crippen LogP contribution in [0.25, 0.3) is 0 Å². The predicted octanol–water partition coefficient (Wildman–Crippen LogP) is 5.93. The third-order valence-corrected chi connectivity index (χ3v) is 7.90. The molecule has 0 saturated heterocycles. The van der Waals surface area contributed by atoms with E-state index in [2.05, 4.69) is 13.5 Å².